The van der Waals surface area contributed by atoms with Crippen LogP contribution in [0.3, 0.4) is 0 Å². The van der Waals surface area contributed by atoms with Crippen molar-refractivity contribution in [2.75, 3.05) is 19.7 Å². The van der Waals surface area contributed by atoms with Gasteiger partial charge in [-0.25, -0.2) is 4.79 Å². The van der Waals surface area contributed by atoms with Crippen molar-refractivity contribution >= 4 is 41.5 Å². The molecular weight excluding hydrogens is 366 g/mol. The second-order valence-electron chi connectivity index (χ2n) is 5.39. The maximum Gasteiger partial charge on any atom is 0.344 e. The summed E-state index contributed by atoms with van der Waals surface area (Å²) in [5.41, 5.74) is 0. The molecule has 12 heteroatoms. The lowest BCUT2D eigenvalue weighted by molar-refractivity contribution is -0.198. The molecule has 5 amide bonds. The van der Waals surface area contributed by atoms with Crippen LogP contribution in [0.15, 0.2) is 12.2 Å². The Balaban J connectivity index is 1.60. The first-order valence-corrected chi connectivity index (χ1v) is 7.80. The van der Waals surface area contributed by atoms with E-state index in [2.05, 4.69) is 10.2 Å². The molecule has 27 heavy (non-hydrogen) atoms. The lowest BCUT2D eigenvalue weighted by atomic mass is 10.4. The van der Waals surface area contributed by atoms with Gasteiger partial charge in [0.2, 0.25) is 5.91 Å². The van der Waals surface area contributed by atoms with Crippen molar-refractivity contribution < 1.29 is 43.1 Å². The first kappa shape index (κ1) is 19.8. The number of hydrogen-bond acceptors (Lipinski definition) is 9. The van der Waals surface area contributed by atoms with Crippen LogP contribution in [0, 0.1) is 0 Å². The van der Waals surface area contributed by atoms with Gasteiger partial charge in [0.15, 0.2) is 0 Å². The van der Waals surface area contributed by atoms with E-state index in [1.165, 1.54) is 0 Å². The molecule has 0 bridgehead atoms. The molecule has 0 aromatic rings. The number of hydroxylamine groups is 2. The average molecular weight is 381 g/mol. The molecule has 0 aromatic carbocycles. The fourth-order valence-electron chi connectivity index (χ4n) is 2.10. The van der Waals surface area contributed by atoms with Gasteiger partial charge >= 0.3 is 11.9 Å². The molecule has 2 heterocycles. The minimum Gasteiger partial charge on any atom is -0.463 e. The smallest absolute Gasteiger partial charge is 0.344 e. The zero-order valence-electron chi connectivity index (χ0n) is 14.0. The third-order valence-electron chi connectivity index (χ3n) is 3.38. The van der Waals surface area contributed by atoms with Gasteiger partial charge in [-0.2, -0.15) is 0 Å². The predicted octanol–water partition coefficient (Wildman–Crippen LogP) is -2.43. The minimum absolute atomic E-state index is 0.0685. The van der Waals surface area contributed by atoms with E-state index in [9.17, 15) is 33.6 Å². The number of amides is 5. The van der Waals surface area contributed by atoms with Crippen LogP contribution >= 0.6 is 0 Å². The van der Waals surface area contributed by atoms with Crippen LogP contribution in [0.2, 0.25) is 0 Å². The Morgan fingerprint density at radius 1 is 0.963 bits per heavy atom. The normalized spacial score (nSPS) is 16.1. The van der Waals surface area contributed by atoms with E-state index in [0.29, 0.717) is 5.06 Å². The topological polar surface area (TPSA) is 156 Å². The highest BCUT2D eigenvalue weighted by Crippen LogP contribution is 2.12. The van der Waals surface area contributed by atoms with Gasteiger partial charge in [0, 0.05) is 25.0 Å². The number of ether oxygens (including phenoxy) is 1. The van der Waals surface area contributed by atoms with Crippen LogP contribution in [-0.4, -0.2) is 71.1 Å². The summed E-state index contributed by atoms with van der Waals surface area (Å²) in [7, 11) is 0. The number of hydrogen-bond donors (Lipinski definition) is 1. The molecule has 0 spiro atoms. The summed E-state index contributed by atoms with van der Waals surface area (Å²) in [5, 5.41) is 2.64. The van der Waals surface area contributed by atoms with Gasteiger partial charge in [-0.3, -0.25) is 33.7 Å². The highest BCUT2D eigenvalue weighted by atomic mass is 16.7. The van der Waals surface area contributed by atoms with E-state index in [1.807, 2.05) is 0 Å². The number of nitrogens with zero attached hydrogens (tertiary/aromatic N) is 2. The number of carbonyl (C=O) groups excluding carboxylic acids is 7. The van der Waals surface area contributed by atoms with Gasteiger partial charge in [0.25, 0.3) is 23.6 Å². The van der Waals surface area contributed by atoms with Gasteiger partial charge in [0.05, 0.1) is 6.54 Å². The van der Waals surface area contributed by atoms with Crippen LogP contribution in [0.1, 0.15) is 19.3 Å². The summed E-state index contributed by atoms with van der Waals surface area (Å²) in [6.45, 7) is -0.866. The molecule has 0 radical (unpaired) electrons. The standard InChI is InChI=1S/C15H15N3O9/c19-9(8-17-10(20)1-2-11(17)21)16-5-6-26-14(24)7-15(25)27-18-12(22)3-4-13(18)23/h1-2H,3-8H2,(H,16,19). The summed E-state index contributed by atoms with van der Waals surface area (Å²) in [5.74, 6) is -5.30. The lowest BCUT2D eigenvalue weighted by Crippen LogP contribution is -2.41. The van der Waals surface area contributed by atoms with E-state index >= 15 is 0 Å². The molecule has 144 valence electrons. The third-order valence-corrected chi connectivity index (χ3v) is 3.38. The summed E-state index contributed by atoms with van der Waals surface area (Å²) < 4.78 is 4.69. The average Bonchev–Trinajstić information content (AvgIpc) is 3.09. The molecule has 2 rings (SSSR count). The van der Waals surface area contributed by atoms with Gasteiger partial charge < -0.3 is 14.9 Å². The first-order chi connectivity index (χ1) is 12.8. The highest BCUT2D eigenvalue weighted by molar-refractivity contribution is 6.14. The van der Waals surface area contributed by atoms with E-state index in [1.54, 1.807) is 0 Å². The van der Waals surface area contributed by atoms with Crippen LogP contribution < -0.4 is 5.32 Å². The van der Waals surface area contributed by atoms with Crippen molar-refractivity contribution in [3.8, 4) is 0 Å². The Morgan fingerprint density at radius 3 is 2.15 bits per heavy atom. The summed E-state index contributed by atoms with van der Waals surface area (Å²) in [6, 6.07) is 0. The van der Waals surface area contributed by atoms with Crippen LogP contribution in [-0.2, 0) is 43.1 Å². The van der Waals surface area contributed by atoms with Crippen molar-refractivity contribution in [1.82, 2.24) is 15.3 Å². The van der Waals surface area contributed by atoms with E-state index in [4.69, 9.17) is 4.74 Å². The van der Waals surface area contributed by atoms with Crippen molar-refractivity contribution in [1.29, 1.82) is 0 Å². The van der Waals surface area contributed by atoms with Crippen molar-refractivity contribution in [2.45, 2.75) is 19.3 Å². The second-order valence-corrected chi connectivity index (χ2v) is 5.39. The van der Waals surface area contributed by atoms with Crippen LogP contribution in [0.25, 0.3) is 0 Å². The summed E-state index contributed by atoms with van der Waals surface area (Å²) in [6.07, 6.45) is 1.12. The number of esters is 1. The predicted molar refractivity (Wildman–Crippen MR) is 81.6 cm³/mol. The number of imide groups is 2. The quantitative estimate of drug-likeness (QED) is 0.209. The first-order valence-electron chi connectivity index (χ1n) is 7.80. The van der Waals surface area contributed by atoms with Crippen LogP contribution in [0.4, 0.5) is 0 Å². The maximum absolute atomic E-state index is 11.6. The van der Waals surface area contributed by atoms with Crippen molar-refractivity contribution in [3.63, 3.8) is 0 Å². The lowest BCUT2D eigenvalue weighted by Gasteiger charge is -2.13. The summed E-state index contributed by atoms with van der Waals surface area (Å²) >= 11 is 0. The van der Waals surface area contributed by atoms with E-state index < -0.39 is 54.4 Å². The molecule has 0 aliphatic carbocycles. The molecule has 1 fully saturated rings. The fourth-order valence-corrected chi connectivity index (χ4v) is 2.10. The molecule has 0 unspecified atom stereocenters. The molecular formula is C15H15N3O9. The van der Waals surface area contributed by atoms with E-state index in [0.717, 1.165) is 17.1 Å². The molecule has 0 atom stereocenters. The monoisotopic (exact) mass is 381 g/mol. The Morgan fingerprint density at radius 2 is 1.56 bits per heavy atom. The molecule has 0 aromatic heterocycles. The molecule has 0 saturated carbocycles. The maximum atomic E-state index is 11.6. The minimum atomic E-state index is -1.13. The third kappa shape index (κ3) is 5.45. The molecule has 2 aliphatic heterocycles. The highest BCUT2D eigenvalue weighted by Gasteiger charge is 2.33. The summed E-state index contributed by atoms with van der Waals surface area (Å²) in [4.78, 5) is 84.9. The van der Waals surface area contributed by atoms with Crippen molar-refractivity contribution in [3.05, 3.63) is 12.2 Å². The van der Waals surface area contributed by atoms with Gasteiger partial charge in [0.1, 0.15) is 19.6 Å². The largest absolute Gasteiger partial charge is 0.463 e. The van der Waals surface area contributed by atoms with Gasteiger partial charge in [-0.1, -0.05) is 0 Å². The molecule has 12 nitrogen and oxygen atoms in total. The van der Waals surface area contributed by atoms with Crippen molar-refractivity contribution in [2.24, 2.45) is 0 Å². The van der Waals surface area contributed by atoms with Gasteiger partial charge in [-0.15, -0.1) is 5.06 Å². The SMILES string of the molecule is O=C(CN1C(=O)C=CC1=O)NCCOC(=O)CC(=O)ON1C(=O)CCC1=O. The molecule has 1 N–H and O–H groups in total. The Labute approximate surface area is 152 Å². The zero-order valence-corrected chi connectivity index (χ0v) is 14.0. The van der Waals surface area contributed by atoms with E-state index in [-0.39, 0.29) is 26.0 Å². The number of carbonyl (C=O) groups is 7. The Hall–Kier alpha value is -3.57. The molecule has 1 saturated heterocycles. The fraction of sp³-hybridized carbons (Fsp3) is 0.400. The number of rotatable bonds is 8. The second kappa shape index (κ2) is 8.69. The molecule has 2 aliphatic rings. The Kier molecular flexibility index (Phi) is 6.36. The zero-order chi connectivity index (χ0) is 20.0. The number of nitrogens with one attached hydrogen (secondary N) is 1. The van der Waals surface area contributed by atoms with Gasteiger partial charge in [-0.05, 0) is 0 Å². The van der Waals surface area contributed by atoms with Crippen LogP contribution in [0.5, 0.6) is 0 Å². The Bertz CT molecular complexity index is 709.